The highest BCUT2D eigenvalue weighted by Gasteiger charge is 2.28. The van der Waals surface area contributed by atoms with E-state index in [4.69, 9.17) is 9.47 Å². The second-order valence-corrected chi connectivity index (χ2v) is 5.40. The number of rotatable bonds is 6. The first-order valence-electron chi connectivity index (χ1n) is 7.66. The molecule has 1 N–H and O–H groups in total. The molecule has 0 bridgehead atoms. The molecule has 0 spiro atoms. The summed E-state index contributed by atoms with van der Waals surface area (Å²) in [7, 11) is 3.73. The number of hydrogen-bond donors (Lipinski definition) is 1. The fourth-order valence-corrected chi connectivity index (χ4v) is 2.42. The van der Waals surface area contributed by atoms with Crippen molar-refractivity contribution in [3.8, 4) is 11.5 Å². The summed E-state index contributed by atoms with van der Waals surface area (Å²) in [5.74, 6) is -1.36. The lowest BCUT2D eigenvalue weighted by atomic mass is 9.79. The third kappa shape index (κ3) is 4.52. The van der Waals surface area contributed by atoms with E-state index < -0.39 is 24.3 Å². The van der Waals surface area contributed by atoms with Crippen LogP contribution in [0.3, 0.4) is 0 Å². The Kier molecular flexibility index (Phi) is 5.99. The van der Waals surface area contributed by atoms with Gasteiger partial charge in [-0.25, -0.2) is 4.79 Å². The Hall–Kier alpha value is -3.17. The van der Waals surface area contributed by atoms with Gasteiger partial charge in [0.25, 0.3) is 5.91 Å². The van der Waals surface area contributed by atoms with Gasteiger partial charge in [0, 0.05) is 5.69 Å². The Morgan fingerprint density at radius 2 is 1.56 bits per heavy atom. The summed E-state index contributed by atoms with van der Waals surface area (Å²) in [6.45, 7) is -5.40. The lowest BCUT2D eigenvalue weighted by Crippen LogP contribution is -2.35. The van der Waals surface area contributed by atoms with Gasteiger partial charge in [-0.1, -0.05) is 18.2 Å². The van der Waals surface area contributed by atoms with Crippen LogP contribution in [0.25, 0.3) is 0 Å². The van der Waals surface area contributed by atoms with Crippen LogP contribution >= 0.6 is 0 Å². The predicted molar refractivity (Wildman–Crippen MR) is 94.0 cm³/mol. The number of benzene rings is 2. The summed E-state index contributed by atoms with van der Waals surface area (Å²) in [5, 5.41) is 2.34. The Morgan fingerprint density at radius 3 is 2.04 bits per heavy atom. The molecule has 0 fully saturated rings. The molecule has 0 unspecified atom stereocenters. The van der Waals surface area contributed by atoms with Crippen LogP contribution in [0.5, 0.6) is 11.5 Å². The number of carbonyl (C=O) groups excluding carboxylic acids is 2. The Labute approximate surface area is 153 Å². The minimum Gasteiger partial charge on any atom is -0.496 e. The molecule has 2 aromatic rings. The molecule has 0 aliphatic heterocycles. The van der Waals surface area contributed by atoms with E-state index in [9.17, 15) is 22.5 Å². The summed E-state index contributed by atoms with van der Waals surface area (Å²) in [5.41, 5.74) is -1.59. The van der Waals surface area contributed by atoms with Crippen LogP contribution in [0.15, 0.2) is 36.4 Å². The van der Waals surface area contributed by atoms with E-state index in [0.29, 0.717) is 6.07 Å². The van der Waals surface area contributed by atoms with Crippen molar-refractivity contribution in [3.63, 3.8) is 0 Å². The number of carbonyl (C=O) groups is 2. The number of halogens is 3. The zero-order valence-electron chi connectivity index (χ0n) is 14.7. The first kappa shape index (κ1) is 20.2. The van der Waals surface area contributed by atoms with Crippen molar-refractivity contribution < 1.29 is 36.7 Å². The van der Waals surface area contributed by atoms with Crippen molar-refractivity contribution >= 4 is 30.0 Å². The topological polar surface area (TPSA) is 73.9 Å². The lowest BCUT2D eigenvalue weighted by molar-refractivity contribution is 0.0600. The molecule has 0 heterocycles. The van der Waals surface area contributed by atoms with Gasteiger partial charge in [-0.3, -0.25) is 4.79 Å². The molecule has 27 heavy (non-hydrogen) atoms. The Bertz CT molecular complexity index is 848. The number of esters is 1. The number of anilines is 1. The molecule has 0 aliphatic rings. The van der Waals surface area contributed by atoms with Gasteiger partial charge >= 0.3 is 12.9 Å². The van der Waals surface area contributed by atoms with E-state index in [1.807, 2.05) is 0 Å². The van der Waals surface area contributed by atoms with Crippen LogP contribution in [0, 0.1) is 0 Å². The second-order valence-electron chi connectivity index (χ2n) is 5.40. The molecule has 1 amide bonds. The summed E-state index contributed by atoms with van der Waals surface area (Å²) in [6, 6.07) is 7.12. The van der Waals surface area contributed by atoms with E-state index in [1.54, 1.807) is 6.07 Å². The van der Waals surface area contributed by atoms with E-state index >= 15 is 0 Å². The van der Waals surface area contributed by atoms with Crippen LogP contribution in [0.2, 0.25) is 0 Å². The van der Waals surface area contributed by atoms with Gasteiger partial charge < -0.3 is 32.5 Å². The maximum atomic E-state index is 13.2. The average molecular weight is 382 g/mol. The zero-order valence-corrected chi connectivity index (χ0v) is 14.7. The number of hydrogen-bond acceptors (Lipinski definition) is 5. The van der Waals surface area contributed by atoms with Crippen molar-refractivity contribution in [2.24, 2.45) is 0 Å². The van der Waals surface area contributed by atoms with Gasteiger partial charge in [-0.15, -0.1) is 5.46 Å². The molecule has 2 aromatic carbocycles. The quantitative estimate of drug-likeness (QED) is 0.615. The first-order chi connectivity index (χ1) is 12.7. The van der Waals surface area contributed by atoms with E-state index in [-0.39, 0.29) is 28.3 Å². The summed E-state index contributed by atoms with van der Waals surface area (Å²) >= 11 is 0. The van der Waals surface area contributed by atoms with Crippen LogP contribution in [0.4, 0.5) is 18.6 Å². The van der Waals surface area contributed by atoms with E-state index in [2.05, 4.69) is 10.1 Å². The minimum atomic E-state index is -5.40. The molecule has 0 aromatic heterocycles. The molecule has 2 rings (SSSR count). The van der Waals surface area contributed by atoms with Crippen molar-refractivity contribution in [1.82, 2.24) is 0 Å². The van der Waals surface area contributed by atoms with E-state index in [0.717, 1.165) is 19.2 Å². The van der Waals surface area contributed by atoms with Gasteiger partial charge in [0.1, 0.15) is 17.1 Å². The molecule has 0 atom stereocenters. The second kappa shape index (κ2) is 8.02. The predicted octanol–water partition coefficient (Wildman–Crippen LogP) is 2.80. The fraction of sp³-hybridized carbons (Fsp3) is 0.176. The van der Waals surface area contributed by atoms with Gasteiger partial charge in [-0.05, 0) is 18.2 Å². The molecular weight excluding hydrogens is 366 g/mol. The monoisotopic (exact) mass is 382 g/mol. The van der Waals surface area contributed by atoms with E-state index in [1.165, 1.54) is 26.4 Å². The van der Waals surface area contributed by atoms with Crippen molar-refractivity contribution in [2.45, 2.75) is 0 Å². The summed E-state index contributed by atoms with van der Waals surface area (Å²) in [6.07, 6.45) is 0. The van der Waals surface area contributed by atoms with Crippen LogP contribution < -0.4 is 20.3 Å². The van der Waals surface area contributed by atoms with Crippen LogP contribution in [0.1, 0.15) is 20.7 Å². The highest BCUT2D eigenvalue weighted by Crippen LogP contribution is 2.29. The smallest absolute Gasteiger partial charge is 0.496 e. The number of ether oxygens (including phenoxy) is 3. The number of methoxy groups -OCH3 is 3. The molecular formula is C17H16BF3NO5-. The number of amides is 1. The van der Waals surface area contributed by atoms with Gasteiger partial charge in [0.15, 0.2) is 0 Å². The standard InChI is InChI=1S/C17H16BF3NO5/c1-25-13-5-4-6-14(26-2)15(13)16(23)22-12-8-10(17(24)27-3)7-11(9-12)18(19,20)21/h4-9H,1-3H3,(H,22,23)/q-1. The van der Waals surface area contributed by atoms with Gasteiger partial charge in [-0.2, -0.15) is 0 Å². The average Bonchev–Trinajstić information content (AvgIpc) is 2.65. The van der Waals surface area contributed by atoms with Gasteiger partial charge in [0.2, 0.25) is 0 Å². The normalized spacial score (nSPS) is 10.9. The SMILES string of the molecule is COC(=O)c1cc(NC(=O)c2c(OC)cccc2OC)cc([B-](F)(F)F)c1. The van der Waals surface area contributed by atoms with Crippen LogP contribution in [-0.2, 0) is 4.74 Å². The largest absolute Gasteiger partial charge is 0.509 e. The van der Waals surface area contributed by atoms with Gasteiger partial charge in [0.05, 0.1) is 26.9 Å². The molecule has 0 saturated heterocycles. The fourth-order valence-electron chi connectivity index (χ4n) is 2.42. The minimum absolute atomic E-state index is 0.00467. The van der Waals surface area contributed by atoms with Crippen molar-refractivity contribution in [3.05, 3.63) is 47.5 Å². The molecule has 0 saturated carbocycles. The lowest BCUT2D eigenvalue weighted by Gasteiger charge is -2.18. The maximum Gasteiger partial charge on any atom is 0.509 e. The van der Waals surface area contributed by atoms with Crippen LogP contribution in [-0.4, -0.2) is 40.2 Å². The molecule has 6 nitrogen and oxygen atoms in total. The Balaban J connectivity index is 2.48. The Morgan fingerprint density at radius 1 is 0.963 bits per heavy atom. The summed E-state index contributed by atoms with van der Waals surface area (Å²) in [4.78, 5) is 24.3. The zero-order chi connectivity index (χ0) is 20.2. The molecule has 10 heteroatoms. The molecule has 0 aliphatic carbocycles. The molecule has 144 valence electrons. The highest BCUT2D eigenvalue weighted by molar-refractivity contribution is 6.73. The highest BCUT2D eigenvalue weighted by atomic mass is 19.4. The third-order valence-corrected chi connectivity index (χ3v) is 3.67. The molecule has 0 radical (unpaired) electrons. The maximum absolute atomic E-state index is 13.2. The summed E-state index contributed by atoms with van der Waals surface area (Å²) < 4.78 is 54.2. The van der Waals surface area contributed by atoms with Crippen molar-refractivity contribution in [1.29, 1.82) is 0 Å². The number of nitrogens with one attached hydrogen (secondary N) is 1. The third-order valence-electron chi connectivity index (χ3n) is 3.67. The van der Waals surface area contributed by atoms with Crippen molar-refractivity contribution in [2.75, 3.05) is 26.6 Å². The first-order valence-corrected chi connectivity index (χ1v) is 7.66.